The molecule has 2 aliphatic heterocycles. The van der Waals surface area contributed by atoms with Crippen LogP contribution in [0, 0.1) is 6.92 Å². The molecule has 3 aromatic rings. The fourth-order valence-corrected chi connectivity index (χ4v) is 6.13. The molecule has 6 heteroatoms. The number of nitrogens with one attached hydrogen (secondary N) is 1. The summed E-state index contributed by atoms with van der Waals surface area (Å²) in [5.74, 6) is 1.66. The number of aryl methyl sites for hydroxylation is 1. The molecule has 1 N–H and O–H groups in total. The van der Waals surface area contributed by atoms with E-state index in [1.165, 1.54) is 12.8 Å². The fraction of sp³-hybridized carbons (Fsp3) is 0.394. The monoisotopic (exact) mass is 524 g/mol. The highest BCUT2D eigenvalue weighted by Crippen LogP contribution is 2.51. The minimum absolute atomic E-state index is 0.0439. The first-order chi connectivity index (χ1) is 19.0. The van der Waals surface area contributed by atoms with Crippen molar-refractivity contribution < 1.29 is 19.1 Å². The molecule has 39 heavy (non-hydrogen) atoms. The van der Waals surface area contributed by atoms with E-state index < -0.39 is 5.41 Å². The molecule has 3 aliphatic rings. The minimum Gasteiger partial charge on any atom is -0.454 e. The Labute approximate surface area is 230 Å². The number of amides is 1. The largest absolute Gasteiger partial charge is 0.454 e. The third kappa shape index (κ3) is 5.06. The lowest BCUT2D eigenvalue weighted by Crippen LogP contribution is -2.40. The van der Waals surface area contributed by atoms with Crippen molar-refractivity contribution in [2.75, 3.05) is 20.0 Å². The first kappa shape index (κ1) is 25.6. The molecule has 0 aromatic heterocycles. The number of carbonyl (C=O) groups excluding carboxylic acids is 2. The Morgan fingerprint density at radius 3 is 2.56 bits per heavy atom. The molecule has 1 saturated heterocycles. The van der Waals surface area contributed by atoms with E-state index >= 15 is 0 Å². The lowest BCUT2D eigenvalue weighted by atomic mass is 9.87. The van der Waals surface area contributed by atoms with Crippen molar-refractivity contribution in [2.45, 2.75) is 63.8 Å². The highest BCUT2D eigenvalue weighted by atomic mass is 16.7. The summed E-state index contributed by atoms with van der Waals surface area (Å²) in [5.41, 5.74) is 5.53. The van der Waals surface area contributed by atoms with Gasteiger partial charge >= 0.3 is 0 Å². The summed E-state index contributed by atoms with van der Waals surface area (Å²) in [6.07, 6.45) is 5.65. The van der Waals surface area contributed by atoms with Crippen molar-refractivity contribution in [1.29, 1.82) is 0 Å². The molecule has 1 aliphatic carbocycles. The number of ketones is 1. The number of hydrogen-bond acceptors (Lipinski definition) is 5. The highest BCUT2D eigenvalue weighted by molar-refractivity contribution is 5.95. The second-order valence-electron chi connectivity index (χ2n) is 11.2. The van der Waals surface area contributed by atoms with Gasteiger partial charge in [0.1, 0.15) is 5.78 Å². The van der Waals surface area contributed by atoms with Gasteiger partial charge in [-0.15, -0.1) is 0 Å². The predicted molar refractivity (Wildman–Crippen MR) is 151 cm³/mol. The van der Waals surface area contributed by atoms with Crippen molar-refractivity contribution in [1.82, 2.24) is 10.2 Å². The summed E-state index contributed by atoms with van der Waals surface area (Å²) in [5, 5.41) is 3.09. The molecule has 1 atom stereocenters. The average molecular weight is 525 g/mol. The Kier molecular flexibility index (Phi) is 6.90. The van der Waals surface area contributed by atoms with Crippen molar-refractivity contribution in [3.63, 3.8) is 0 Å². The Bertz CT molecular complexity index is 1390. The molecule has 1 unspecified atom stereocenters. The SMILES string of the molecule is CCC1CCCN1CNC(=O)c1ccc(-c2cc(CC(=O)C3(c4ccc5c(c4)OCO5)CC3)ccc2C)cc1. The van der Waals surface area contributed by atoms with Gasteiger partial charge in [-0.1, -0.05) is 43.3 Å². The van der Waals surface area contributed by atoms with Gasteiger partial charge < -0.3 is 14.8 Å². The molecule has 1 amide bonds. The molecular weight excluding hydrogens is 488 g/mol. The van der Waals surface area contributed by atoms with Gasteiger partial charge in [-0.2, -0.15) is 0 Å². The topological polar surface area (TPSA) is 67.9 Å². The number of likely N-dealkylation sites (tertiary alicyclic amines) is 1. The molecule has 6 nitrogen and oxygen atoms in total. The summed E-state index contributed by atoms with van der Waals surface area (Å²) < 4.78 is 11.0. The van der Waals surface area contributed by atoms with E-state index in [2.05, 4.69) is 42.3 Å². The van der Waals surface area contributed by atoms with Gasteiger partial charge in [0.2, 0.25) is 6.79 Å². The molecule has 1 saturated carbocycles. The van der Waals surface area contributed by atoms with Crippen molar-refractivity contribution in [3.05, 3.63) is 82.9 Å². The lowest BCUT2D eigenvalue weighted by molar-refractivity contribution is -0.120. The van der Waals surface area contributed by atoms with Gasteiger partial charge in [0.05, 0.1) is 12.1 Å². The Hall–Kier alpha value is -3.64. The van der Waals surface area contributed by atoms with Crippen LogP contribution in [-0.4, -0.2) is 42.6 Å². The zero-order valence-electron chi connectivity index (χ0n) is 22.8. The number of rotatable bonds is 9. The number of ether oxygens (including phenoxy) is 2. The standard InChI is InChI=1S/C33H36N2O4/c1-3-27-5-4-16-35(27)20-34-32(37)25-10-8-24(9-11-25)28-17-23(7-6-22(28)2)18-31(36)33(14-15-33)26-12-13-29-30(19-26)39-21-38-29/h6-13,17,19,27H,3-5,14-16,18,20-21H2,1-2H3,(H,34,37). The van der Waals surface area contributed by atoms with Gasteiger partial charge in [-0.3, -0.25) is 14.5 Å². The fourth-order valence-electron chi connectivity index (χ4n) is 6.13. The van der Waals surface area contributed by atoms with Crippen LogP contribution >= 0.6 is 0 Å². The van der Waals surface area contributed by atoms with E-state index in [4.69, 9.17) is 9.47 Å². The smallest absolute Gasteiger partial charge is 0.252 e. The van der Waals surface area contributed by atoms with Crippen molar-refractivity contribution >= 4 is 11.7 Å². The van der Waals surface area contributed by atoms with E-state index in [1.807, 2.05) is 42.5 Å². The van der Waals surface area contributed by atoms with Crippen LogP contribution in [0.5, 0.6) is 11.5 Å². The zero-order valence-corrected chi connectivity index (χ0v) is 22.8. The van der Waals surface area contributed by atoms with E-state index in [1.54, 1.807) is 0 Å². The first-order valence-corrected chi connectivity index (χ1v) is 14.1. The van der Waals surface area contributed by atoms with Crippen molar-refractivity contribution in [3.8, 4) is 22.6 Å². The van der Waals surface area contributed by atoms with E-state index in [0.717, 1.165) is 65.1 Å². The molecule has 0 bridgehead atoms. The van der Waals surface area contributed by atoms with Crippen LogP contribution in [0.2, 0.25) is 0 Å². The average Bonchev–Trinajstić information content (AvgIpc) is 3.42. The molecule has 2 heterocycles. The van der Waals surface area contributed by atoms with Gasteiger partial charge in [0, 0.05) is 24.6 Å². The van der Waals surface area contributed by atoms with E-state index in [0.29, 0.717) is 24.7 Å². The zero-order chi connectivity index (χ0) is 27.0. The predicted octanol–water partition coefficient (Wildman–Crippen LogP) is 5.80. The molecule has 202 valence electrons. The Balaban J connectivity index is 1.13. The molecule has 0 radical (unpaired) electrons. The summed E-state index contributed by atoms with van der Waals surface area (Å²) in [6.45, 7) is 6.17. The molecule has 6 rings (SSSR count). The molecule has 3 aromatic carbocycles. The maximum Gasteiger partial charge on any atom is 0.252 e. The summed E-state index contributed by atoms with van der Waals surface area (Å²) in [4.78, 5) is 28.7. The molecule has 0 spiro atoms. The normalized spacial score (nSPS) is 19.2. The van der Waals surface area contributed by atoms with E-state index in [-0.39, 0.29) is 18.5 Å². The number of nitrogens with zero attached hydrogens (tertiary/aromatic N) is 1. The third-order valence-corrected chi connectivity index (χ3v) is 8.75. The maximum atomic E-state index is 13.5. The summed E-state index contributed by atoms with van der Waals surface area (Å²) in [7, 11) is 0. The van der Waals surface area contributed by atoms with Crippen LogP contribution in [0.1, 0.15) is 66.1 Å². The van der Waals surface area contributed by atoms with Crippen LogP contribution in [0.3, 0.4) is 0 Å². The van der Waals surface area contributed by atoms with E-state index in [9.17, 15) is 9.59 Å². The molecular formula is C33H36N2O4. The van der Waals surface area contributed by atoms with Crippen LogP contribution in [0.15, 0.2) is 60.7 Å². The maximum absolute atomic E-state index is 13.5. The number of hydrogen-bond donors (Lipinski definition) is 1. The van der Waals surface area contributed by atoms with Crippen LogP contribution in [-0.2, 0) is 16.6 Å². The number of fused-ring (bicyclic) bond motifs is 1. The highest BCUT2D eigenvalue weighted by Gasteiger charge is 2.50. The van der Waals surface area contributed by atoms with Crippen LogP contribution < -0.4 is 14.8 Å². The summed E-state index contributed by atoms with van der Waals surface area (Å²) >= 11 is 0. The van der Waals surface area contributed by atoms with Gasteiger partial charge in [0.25, 0.3) is 5.91 Å². The second-order valence-corrected chi connectivity index (χ2v) is 11.2. The first-order valence-electron chi connectivity index (χ1n) is 14.1. The van der Waals surface area contributed by atoms with Crippen LogP contribution in [0.4, 0.5) is 0 Å². The molecule has 2 fully saturated rings. The van der Waals surface area contributed by atoms with Crippen molar-refractivity contribution in [2.24, 2.45) is 0 Å². The number of benzene rings is 3. The number of carbonyl (C=O) groups is 2. The Morgan fingerprint density at radius 1 is 1.00 bits per heavy atom. The van der Waals surface area contributed by atoms with Gasteiger partial charge in [-0.25, -0.2) is 0 Å². The quantitative estimate of drug-likeness (QED) is 0.383. The van der Waals surface area contributed by atoms with Gasteiger partial charge in [0.15, 0.2) is 11.5 Å². The summed E-state index contributed by atoms with van der Waals surface area (Å²) in [6, 6.07) is 20.5. The minimum atomic E-state index is -0.423. The second kappa shape index (κ2) is 10.5. The number of Topliss-reactive ketones (excluding diaryl/α,β-unsaturated/α-hetero) is 1. The Morgan fingerprint density at radius 2 is 1.79 bits per heavy atom. The third-order valence-electron chi connectivity index (χ3n) is 8.75. The van der Waals surface area contributed by atoms with Gasteiger partial charge in [-0.05, 0) is 91.1 Å². The van der Waals surface area contributed by atoms with Crippen LogP contribution in [0.25, 0.3) is 11.1 Å². The lowest BCUT2D eigenvalue weighted by Gasteiger charge is -2.23.